The van der Waals surface area contributed by atoms with Crippen molar-refractivity contribution in [1.29, 1.82) is 0 Å². The SMILES string of the molecule is CC/C=C\C/C=C\C/C=C\C/C=C\C/C=C\C/C=C\C/C=C\C/C=C\C/C=C\CCCCCC(=O)OCC(COC(=O)CCCCCCCCC)OC(=O)CCCCCCC/C=C\CCCC. The minimum Gasteiger partial charge on any atom is -0.462 e. The predicted molar refractivity (Wildman–Crippen MR) is 288 cm³/mol. The van der Waals surface area contributed by atoms with E-state index in [2.05, 4.69) is 142 Å². The summed E-state index contributed by atoms with van der Waals surface area (Å²) in [6, 6.07) is 0. The number of carbonyl (C=O) groups is 3. The maximum atomic E-state index is 12.7. The Hall–Kier alpha value is -4.19. The monoisotopic (exact) mass is 927 g/mol. The summed E-state index contributed by atoms with van der Waals surface area (Å²) in [5.41, 5.74) is 0. The van der Waals surface area contributed by atoms with E-state index in [-0.39, 0.29) is 31.1 Å². The molecule has 6 nitrogen and oxygen atoms in total. The van der Waals surface area contributed by atoms with E-state index in [1.54, 1.807) is 0 Å². The Kier molecular flexibility index (Phi) is 51.0. The first-order chi connectivity index (χ1) is 33.0. The Morgan fingerprint density at radius 1 is 0.313 bits per heavy atom. The maximum absolute atomic E-state index is 12.7. The molecule has 1 atom stereocenters. The van der Waals surface area contributed by atoms with Crippen molar-refractivity contribution in [2.75, 3.05) is 13.2 Å². The molecule has 67 heavy (non-hydrogen) atoms. The van der Waals surface area contributed by atoms with Crippen molar-refractivity contribution in [3.05, 3.63) is 122 Å². The molecule has 1 unspecified atom stereocenters. The fraction of sp³-hybridized carbons (Fsp3) is 0.623. The number of carbonyl (C=O) groups excluding carboxylic acids is 3. The zero-order valence-electron chi connectivity index (χ0n) is 43.1. The van der Waals surface area contributed by atoms with E-state index >= 15 is 0 Å². The molecule has 0 aromatic rings. The Balaban J connectivity index is 4.22. The van der Waals surface area contributed by atoms with Gasteiger partial charge in [0, 0.05) is 19.3 Å². The molecule has 0 spiro atoms. The van der Waals surface area contributed by atoms with Crippen LogP contribution < -0.4 is 0 Å². The zero-order valence-corrected chi connectivity index (χ0v) is 43.1. The normalized spacial score (nSPS) is 13.1. The quantitative estimate of drug-likeness (QED) is 0.0262. The molecule has 0 rings (SSSR count). The van der Waals surface area contributed by atoms with E-state index in [0.717, 1.165) is 135 Å². The lowest BCUT2D eigenvalue weighted by atomic mass is 10.1. The van der Waals surface area contributed by atoms with Gasteiger partial charge in [0.1, 0.15) is 13.2 Å². The van der Waals surface area contributed by atoms with Crippen LogP contribution in [0.1, 0.15) is 226 Å². The van der Waals surface area contributed by atoms with Crippen LogP contribution in [0.4, 0.5) is 0 Å². The number of unbranched alkanes of at least 4 members (excludes halogenated alkanes) is 16. The highest BCUT2D eigenvalue weighted by Gasteiger charge is 2.19. The molecule has 0 aromatic carbocycles. The van der Waals surface area contributed by atoms with Crippen LogP contribution in [-0.2, 0) is 28.6 Å². The molecule has 0 fully saturated rings. The van der Waals surface area contributed by atoms with E-state index in [9.17, 15) is 14.4 Å². The third kappa shape index (κ3) is 52.6. The van der Waals surface area contributed by atoms with Gasteiger partial charge >= 0.3 is 17.9 Å². The van der Waals surface area contributed by atoms with Gasteiger partial charge in [0.25, 0.3) is 0 Å². The lowest BCUT2D eigenvalue weighted by Crippen LogP contribution is -2.30. The molecule has 0 amide bonds. The van der Waals surface area contributed by atoms with E-state index in [1.807, 2.05) is 0 Å². The van der Waals surface area contributed by atoms with Crippen LogP contribution in [0.2, 0.25) is 0 Å². The molecule has 0 aliphatic carbocycles. The van der Waals surface area contributed by atoms with Crippen molar-refractivity contribution >= 4 is 17.9 Å². The Labute approximate surface area is 412 Å². The first kappa shape index (κ1) is 62.8. The fourth-order valence-electron chi connectivity index (χ4n) is 6.88. The summed E-state index contributed by atoms with van der Waals surface area (Å²) < 4.78 is 16.7. The van der Waals surface area contributed by atoms with Crippen LogP contribution in [0, 0.1) is 0 Å². The summed E-state index contributed by atoms with van der Waals surface area (Å²) in [6.45, 7) is 6.38. The highest BCUT2D eigenvalue weighted by molar-refractivity contribution is 5.71. The average molecular weight is 927 g/mol. The molecule has 0 aliphatic rings. The van der Waals surface area contributed by atoms with Crippen LogP contribution in [-0.4, -0.2) is 37.2 Å². The third-order valence-electron chi connectivity index (χ3n) is 11.0. The zero-order chi connectivity index (χ0) is 48.6. The smallest absolute Gasteiger partial charge is 0.306 e. The van der Waals surface area contributed by atoms with Crippen molar-refractivity contribution in [2.24, 2.45) is 0 Å². The van der Waals surface area contributed by atoms with Gasteiger partial charge in [0.15, 0.2) is 6.10 Å². The molecule has 0 saturated carbocycles. The summed E-state index contributed by atoms with van der Waals surface area (Å²) in [5, 5.41) is 0. The largest absolute Gasteiger partial charge is 0.462 e. The second-order valence-corrected chi connectivity index (χ2v) is 17.4. The van der Waals surface area contributed by atoms with Crippen molar-refractivity contribution in [3.8, 4) is 0 Å². The minimum absolute atomic E-state index is 0.0938. The van der Waals surface area contributed by atoms with Gasteiger partial charge in [-0.2, -0.15) is 0 Å². The standard InChI is InChI=1S/C61H98O6/c1-4-7-10-13-16-18-20-21-22-23-24-25-26-27-28-29-30-31-32-33-34-35-36-37-38-39-41-42-45-48-51-54-60(63)66-57-58(56-65-59(62)53-50-47-44-15-12-9-6-3)67-61(64)55-52-49-46-43-40-19-17-14-11-8-5-2/h7,10,14,16-18,21-22,24-25,27-28,30-31,33-34,36-37,39,41,58H,4-6,8-9,11-13,15,19-20,23,26,29,32,35,38,40,42-57H2,1-3H3/b10-7-,17-14-,18-16-,22-21-,25-24-,28-27-,31-30-,34-33-,37-36-,41-39-. The summed E-state index contributed by atoms with van der Waals surface area (Å²) in [4.78, 5) is 37.7. The second kappa shape index (κ2) is 54.4. The average Bonchev–Trinajstić information content (AvgIpc) is 3.33. The molecule has 0 radical (unpaired) electrons. The molecule has 0 aliphatic heterocycles. The predicted octanol–water partition coefficient (Wildman–Crippen LogP) is 18.1. The number of ether oxygens (including phenoxy) is 3. The molecule has 6 heteroatoms. The van der Waals surface area contributed by atoms with Gasteiger partial charge in [-0.3, -0.25) is 14.4 Å². The molecule has 0 bridgehead atoms. The van der Waals surface area contributed by atoms with Crippen LogP contribution >= 0.6 is 0 Å². The summed E-state index contributed by atoms with van der Waals surface area (Å²) in [5.74, 6) is -0.953. The number of rotatable bonds is 47. The van der Waals surface area contributed by atoms with Crippen LogP contribution in [0.25, 0.3) is 0 Å². The topological polar surface area (TPSA) is 78.9 Å². The number of allylic oxidation sites excluding steroid dienone is 20. The van der Waals surface area contributed by atoms with Crippen LogP contribution in [0.3, 0.4) is 0 Å². The van der Waals surface area contributed by atoms with Gasteiger partial charge < -0.3 is 14.2 Å². The van der Waals surface area contributed by atoms with E-state index in [4.69, 9.17) is 14.2 Å². The van der Waals surface area contributed by atoms with Gasteiger partial charge in [0.2, 0.25) is 0 Å². The fourth-order valence-corrected chi connectivity index (χ4v) is 6.88. The lowest BCUT2D eigenvalue weighted by Gasteiger charge is -2.18. The van der Waals surface area contributed by atoms with Crippen LogP contribution in [0.15, 0.2) is 122 Å². The highest BCUT2D eigenvalue weighted by Crippen LogP contribution is 2.13. The van der Waals surface area contributed by atoms with Gasteiger partial charge in [0.05, 0.1) is 0 Å². The van der Waals surface area contributed by atoms with Gasteiger partial charge in [-0.15, -0.1) is 0 Å². The third-order valence-corrected chi connectivity index (χ3v) is 11.0. The number of esters is 3. The highest BCUT2D eigenvalue weighted by atomic mass is 16.6. The summed E-state index contributed by atoms with van der Waals surface area (Å²) in [7, 11) is 0. The second-order valence-electron chi connectivity index (χ2n) is 17.4. The molecule has 0 N–H and O–H groups in total. The molecule has 0 heterocycles. The number of hydrogen-bond donors (Lipinski definition) is 0. The molecule has 0 saturated heterocycles. The van der Waals surface area contributed by atoms with E-state index < -0.39 is 6.10 Å². The first-order valence-corrected chi connectivity index (χ1v) is 27.0. The molecule has 378 valence electrons. The Morgan fingerprint density at radius 2 is 0.597 bits per heavy atom. The van der Waals surface area contributed by atoms with Crippen LogP contribution in [0.5, 0.6) is 0 Å². The molecular weight excluding hydrogens is 829 g/mol. The molecule has 0 aromatic heterocycles. The van der Waals surface area contributed by atoms with Crippen molar-refractivity contribution in [1.82, 2.24) is 0 Å². The summed E-state index contributed by atoms with van der Waals surface area (Å²) >= 11 is 0. The van der Waals surface area contributed by atoms with Crippen molar-refractivity contribution in [3.63, 3.8) is 0 Å². The van der Waals surface area contributed by atoms with Crippen molar-refractivity contribution in [2.45, 2.75) is 232 Å². The summed E-state index contributed by atoms with van der Waals surface area (Å²) in [6.07, 6.45) is 75.0. The van der Waals surface area contributed by atoms with E-state index in [0.29, 0.717) is 19.3 Å². The first-order valence-electron chi connectivity index (χ1n) is 27.0. The van der Waals surface area contributed by atoms with Gasteiger partial charge in [-0.05, 0) is 109 Å². The maximum Gasteiger partial charge on any atom is 0.306 e. The Bertz CT molecular complexity index is 1440. The van der Waals surface area contributed by atoms with Crippen molar-refractivity contribution < 1.29 is 28.6 Å². The van der Waals surface area contributed by atoms with E-state index in [1.165, 1.54) is 51.4 Å². The Morgan fingerprint density at radius 3 is 0.985 bits per heavy atom. The molecular formula is C61H98O6. The van der Waals surface area contributed by atoms with Gasteiger partial charge in [-0.25, -0.2) is 0 Å². The minimum atomic E-state index is -0.794. The lowest BCUT2D eigenvalue weighted by molar-refractivity contribution is -0.167. The van der Waals surface area contributed by atoms with Gasteiger partial charge in [-0.1, -0.05) is 219 Å². The number of hydrogen-bond acceptors (Lipinski definition) is 6.